The SMILES string of the molecule is CC(=O)Nc1ccc2nc(-c3ccc(C(=O)O)cc3)[nH]c2c1. The average molecular weight is 295 g/mol. The van der Waals surface area contributed by atoms with Crippen molar-refractivity contribution in [1.82, 2.24) is 9.97 Å². The van der Waals surface area contributed by atoms with E-state index in [-0.39, 0.29) is 11.5 Å². The van der Waals surface area contributed by atoms with Gasteiger partial charge in [0.25, 0.3) is 0 Å². The quantitative estimate of drug-likeness (QED) is 0.692. The number of amides is 1. The molecule has 0 saturated carbocycles. The van der Waals surface area contributed by atoms with Gasteiger partial charge in [0.15, 0.2) is 0 Å². The maximum Gasteiger partial charge on any atom is 0.335 e. The Kier molecular flexibility index (Phi) is 3.34. The fraction of sp³-hybridized carbons (Fsp3) is 0.0625. The summed E-state index contributed by atoms with van der Waals surface area (Å²) in [5, 5.41) is 11.6. The monoisotopic (exact) mass is 295 g/mol. The molecule has 0 radical (unpaired) electrons. The standard InChI is InChI=1S/C16H13N3O3/c1-9(20)17-12-6-7-13-14(8-12)19-15(18-13)10-2-4-11(5-3-10)16(21)22/h2-8H,1H3,(H,17,20)(H,18,19)(H,21,22). The molecule has 6 nitrogen and oxygen atoms in total. The first kappa shape index (κ1) is 13.8. The Balaban J connectivity index is 1.97. The van der Waals surface area contributed by atoms with Crippen molar-refractivity contribution >= 4 is 28.6 Å². The lowest BCUT2D eigenvalue weighted by molar-refractivity contribution is -0.114. The van der Waals surface area contributed by atoms with Gasteiger partial charge in [-0.25, -0.2) is 9.78 Å². The summed E-state index contributed by atoms with van der Waals surface area (Å²) < 4.78 is 0. The van der Waals surface area contributed by atoms with Crippen LogP contribution in [0.1, 0.15) is 17.3 Å². The molecule has 0 aliphatic rings. The maximum atomic E-state index is 11.1. The Morgan fingerprint density at radius 1 is 1.14 bits per heavy atom. The van der Waals surface area contributed by atoms with Crippen LogP contribution in [-0.4, -0.2) is 27.0 Å². The normalized spacial score (nSPS) is 10.6. The zero-order valence-electron chi connectivity index (χ0n) is 11.8. The molecule has 0 fully saturated rings. The third kappa shape index (κ3) is 2.67. The number of imidazole rings is 1. The van der Waals surface area contributed by atoms with Gasteiger partial charge in [-0.15, -0.1) is 0 Å². The summed E-state index contributed by atoms with van der Waals surface area (Å²) in [5.41, 5.74) is 3.28. The smallest absolute Gasteiger partial charge is 0.335 e. The summed E-state index contributed by atoms with van der Waals surface area (Å²) in [6.45, 7) is 1.45. The predicted octanol–water partition coefficient (Wildman–Crippen LogP) is 2.89. The molecule has 1 heterocycles. The molecule has 22 heavy (non-hydrogen) atoms. The molecule has 0 unspecified atom stereocenters. The molecule has 0 aliphatic heterocycles. The van der Waals surface area contributed by atoms with Crippen molar-refractivity contribution in [1.29, 1.82) is 0 Å². The Hall–Kier alpha value is -3.15. The van der Waals surface area contributed by atoms with Crippen LogP contribution in [0.4, 0.5) is 5.69 Å². The number of hydrogen-bond acceptors (Lipinski definition) is 3. The van der Waals surface area contributed by atoms with Gasteiger partial charge in [0.05, 0.1) is 16.6 Å². The van der Waals surface area contributed by atoms with Gasteiger partial charge in [0, 0.05) is 18.2 Å². The number of aromatic nitrogens is 2. The highest BCUT2D eigenvalue weighted by Crippen LogP contribution is 2.23. The number of nitrogens with zero attached hydrogens (tertiary/aromatic N) is 1. The number of aromatic carboxylic acids is 1. The van der Waals surface area contributed by atoms with Crippen LogP contribution in [-0.2, 0) is 4.79 Å². The number of anilines is 1. The molecule has 0 aliphatic carbocycles. The minimum Gasteiger partial charge on any atom is -0.478 e. The molecule has 0 atom stereocenters. The molecule has 3 aromatic rings. The van der Waals surface area contributed by atoms with Crippen LogP contribution < -0.4 is 5.32 Å². The molecule has 6 heteroatoms. The summed E-state index contributed by atoms with van der Waals surface area (Å²) >= 11 is 0. The minimum atomic E-state index is -0.962. The third-order valence-corrected chi connectivity index (χ3v) is 3.21. The molecule has 0 saturated heterocycles. The van der Waals surface area contributed by atoms with Gasteiger partial charge in [0.2, 0.25) is 5.91 Å². The van der Waals surface area contributed by atoms with Gasteiger partial charge in [-0.1, -0.05) is 12.1 Å². The highest BCUT2D eigenvalue weighted by Gasteiger charge is 2.08. The zero-order valence-corrected chi connectivity index (χ0v) is 11.8. The van der Waals surface area contributed by atoms with Crippen LogP contribution in [0.2, 0.25) is 0 Å². The van der Waals surface area contributed by atoms with Crippen LogP contribution in [0.25, 0.3) is 22.4 Å². The zero-order chi connectivity index (χ0) is 15.7. The Bertz CT molecular complexity index is 866. The van der Waals surface area contributed by atoms with E-state index < -0.39 is 5.97 Å². The fourth-order valence-electron chi connectivity index (χ4n) is 2.20. The molecule has 110 valence electrons. The van der Waals surface area contributed by atoms with E-state index in [0.717, 1.165) is 16.6 Å². The third-order valence-electron chi connectivity index (χ3n) is 3.21. The van der Waals surface area contributed by atoms with Crippen molar-refractivity contribution < 1.29 is 14.7 Å². The van der Waals surface area contributed by atoms with Crippen LogP contribution in [0.5, 0.6) is 0 Å². The number of nitrogens with one attached hydrogen (secondary N) is 2. The van der Waals surface area contributed by atoms with Gasteiger partial charge >= 0.3 is 5.97 Å². The molecule has 1 aromatic heterocycles. The van der Waals surface area contributed by atoms with E-state index in [1.807, 2.05) is 6.07 Å². The average Bonchev–Trinajstić information content (AvgIpc) is 2.90. The molecule has 2 aromatic carbocycles. The second kappa shape index (κ2) is 5.33. The van der Waals surface area contributed by atoms with E-state index in [1.165, 1.54) is 19.1 Å². The summed E-state index contributed by atoms with van der Waals surface area (Å²) in [6.07, 6.45) is 0. The number of benzene rings is 2. The van der Waals surface area contributed by atoms with Crippen molar-refractivity contribution in [2.75, 3.05) is 5.32 Å². The fourth-order valence-corrected chi connectivity index (χ4v) is 2.20. The van der Waals surface area contributed by atoms with Gasteiger partial charge in [0.1, 0.15) is 5.82 Å². The first-order valence-corrected chi connectivity index (χ1v) is 6.64. The number of carboxylic acid groups (broad SMARTS) is 1. The number of H-pyrrole nitrogens is 1. The number of fused-ring (bicyclic) bond motifs is 1. The highest BCUT2D eigenvalue weighted by atomic mass is 16.4. The van der Waals surface area contributed by atoms with Crippen LogP contribution in [0.15, 0.2) is 42.5 Å². The molecule has 0 bridgehead atoms. The molecule has 1 amide bonds. The summed E-state index contributed by atoms with van der Waals surface area (Å²) in [4.78, 5) is 29.6. The van der Waals surface area contributed by atoms with E-state index in [1.54, 1.807) is 24.3 Å². The second-order valence-electron chi connectivity index (χ2n) is 4.88. The Morgan fingerprint density at radius 2 is 1.86 bits per heavy atom. The maximum absolute atomic E-state index is 11.1. The van der Waals surface area contributed by atoms with Crippen LogP contribution >= 0.6 is 0 Å². The summed E-state index contributed by atoms with van der Waals surface area (Å²) in [6, 6.07) is 11.9. The second-order valence-corrected chi connectivity index (χ2v) is 4.88. The molecule has 3 N–H and O–H groups in total. The predicted molar refractivity (Wildman–Crippen MR) is 82.8 cm³/mol. The molecular weight excluding hydrogens is 282 g/mol. The topological polar surface area (TPSA) is 95.1 Å². The van der Waals surface area contributed by atoms with Crippen molar-refractivity contribution in [2.45, 2.75) is 6.92 Å². The Labute approximate surface area is 125 Å². The Morgan fingerprint density at radius 3 is 2.50 bits per heavy atom. The van der Waals surface area contributed by atoms with Gasteiger partial charge in [-0.2, -0.15) is 0 Å². The van der Waals surface area contributed by atoms with E-state index >= 15 is 0 Å². The molecular formula is C16H13N3O3. The lowest BCUT2D eigenvalue weighted by Crippen LogP contribution is -2.05. The van der Waals surface area contributed by atoms with Crippen molar-refractivity contribution in [3.05, 3.63) is 48.0 Å². The molecule has 3 rings (SSSR count). The first-order valence-electron chi connectivity index (χ1n) is 6.64. The number of carboxylic acids is 1. The van der Waals surface area contributed by atoms with Gasteiger partial charge < -0.3 is 15.4 Å². The lowest BCUT2D eigenvalue weighted by atomic mass is 10.1. The number of carbonyl (C=O) groups is 2. The van der Waals surface area contributed by atoms with E-state index in [4.69, 9.17) is 5.11 Å². The van der Waals surface area contributed by atoms with E-state index in [9.17, 15) is 9.59 Å². The lowest BCUT2D eigenvalue weighted by Gasteiger charge is -2.00. The van der Waals surface area contributed by atoms with E-state index in [2.05, 4.69) is 15.3 Å². The number of hydrogen-bond donors (Lipinski definition) is 3. The number of rotatable bonds is 3. The van der Waals surface area contributed by atoms with E-state index in [0.29, 0.717) is 11.5 Å². The highest BCUT2D eigenvalue weighted by molar-refractivity contribution is 5.92. The summed E-state index contributed by atoms with van der Waals surface area (Å²) in [7, 11) is 0. The largest absolute Gasteiger partial charge is 0.478 e. The van der Waals surface area contributed by atoms with Crippen molar-refractivity contribution in [2.24, 2.45) is 0 Å². The van der Waals surface area contributed by atoms with Crippen LogP contribution in [0, 0.1) is 0 Å². The number of aromatic amines is 1. The van der Waals surface area contributed by atoms with Crippen LogP contribution in [0.3, 0.4) is 0 Å². The first-order chi connectivity index (χ1) is 10.5. The van der Waals surface area contributed by atoms with Crippen molar-refractivity contribution in [3.63, 3.8) is 0 Å². The van der Waals surface area contributed by atoms with Gasteiger partial charge in [-0.05, 0) is 30.3 Å². The minimum absolute atomic E-state index is 0.136. The summed E-state index contributed by atoms with van der Waals surface area (Å²) in [5.74, 6) is -0.452. The van der Waals surface area contributed by atoms with Crippen molar-refractivity contribution in [3.8, 4) is 11.4 Å². The number of carbonyl (C=O) groups excluding carboxylic acids is 1. The van der Waals surface area contributed by atoms with Gasteiger partial charge in [-0.3, -0.25) is 4.79 Å². The molecule has 0 spiro atoms.